The molecule has 32 heavy (non-hydrogen) atoms. The first-order chi connectivity index (χ1) is 15.2. The molecule has 0 spiro atoms. The molecule has 0 saturated heterocycles. The van der Waals surface area contributed by atoms with Crippen LogP contribution in [0.1, 0.15) is 5.56 Å². The van der Waals surface area contributed by atoms with E-state index < -0.39 is 9.84 Å². The molecule has 6 nitrogen and oxygen atoms in total. The van der Waals surface area contributed by atoms with E-state index in [1.165, 1.54) is 28.5 Å². The molecule has 0 aliphatic rings. The predicted molar refractivity (Wildman–Crippen MR) is 130 cm³/mol. The van der Waals surface area contributed by atoms with Crippen LogP contribution in [0.4, 0.5) is 0 Å². The van der Waals surface area contributed by atoms with Gasteiger partial charge in [-0.3, -0.25) is 9.36 Å². The molecule has 164 valence electrons. The molecule has 2 heterocycles. The summed E-state index contributed by atoms with van der Waals surface area (Å²) in [5.74, 6) is 0. The van der Waals surface area contributed by atoms with Crippen LogP contribution in [0.2, 0.25) is 10.0 Å². The van der Waals surface area contributed by atoms with E-state index in [1.807, 2.05) is 6.26 Å². The molecule has 0 fully saturated rings. The lowest BCUT2D eigenvalue weighted by Crippen LogP contribution is -2.24. The number of thioether (sulfide) groups is 1. The van der Waals surface area contributed by atoms with Crippen molar-refractivity contribution in [2.24, 2.45) is 0 Å². The third kappa shape index (κ3) is 4.41. The second-order valence-electron chi connectivity index (χ2n) is 7.10. The first-order valence-corrected chi connectivity index (χ1v) is 13.2. The van der Waals surface area contributed by atoms with Crippen molar-refractivity contribution < 1.29 is 8.42 Å². The van der Waals surface area contributed by atoms with Gasteiger partial charge in [-0.25, -0.2) is 18.4 Å². The zero-order valence-electron chi connectivity index (χ0n) is 17.0. The average Bonchev–Trinajstić information content (AvgIpc) is 2.75. The molecule has 0 atom stereocenters. The van der Waals surface area contributed by atoms with Crippen molar-refractivity contribution in [3.05, 3.63) is 80.7 Å². The molecule has 4 aromatic rings. The van der Waals surface area contributed by atoms with Crippen LogP contribution < -0.4 is 5.56 Å². The molecule has 0 aliphatic heterocycles. The van der Waals surface area contributed by atoms with Crippen LogP contribution in [-0.2, 0) is 16.4 Å². The summed E-state index contributed by atoms with van der Waals surface area (Å²) in [4.78, 5) is 22.7. The van der Waals surface area contributed by atoms with E-state index in [0.29, 0.717) is 37.4 Å². The van der Waals surface area contributed by atoms with Crippen molar-refractivity contribution in [2.75, 3.05) is 12.5 Å². The Labute approximate surface area is 199 Å². The largest absolute Gasteiger partial charge is 0.288 e. The van der Waals surface area contributed by atoms with Gasteiger partial charge in [-0.05, 0) is 42.2 Å². The minimum Gasteiger partial charge on any atom is -0.288 e. The molecule has 0 bridgehead atoms. The summed E-state index contributed by atoms with van der Waals surface area (Å²) in [7, 11) is -3.32. The lowest BCUT2D eigenvalue weighted by molar-refractivity contribution is 0.602. The Morgan fingerprint density at radius 2 is 1.72 bits per heavy atom. The van der Waals surface area contributed by atoms with Crippen LogP contribution in [0.3, 0.4) is 0 Å². The first kappa shape index (κ1) is 22.8. The van der Waals surface area contributed by atoms with Crippen LogP contribution in [0, 0.1) is 0 Å². The molecule has 2 aromatic carbocycles. The Balaban J connectivity index is 1.95. The van der Waals surface area contributed by atoms with E-state index >= 15 is 0 Å². The number of sulfone groups is 1. The Bertz CT molecular complexity index is 1480. The van der Waals surface area contributed by atoms with Crippen molar-refractivity contribution in [1.29, 1.82) is 0 Å². The number of aromatic nitrogens is 3. The van der Waals surface area contributed by atoms with Crippen LogP contribution >= 0.6 is 35.0 Å². The van der Waals surface area contributed by atoms with Gasteiger partial charge in [0.1, 0.15) is 5.65 Å². The molecular formula is C22H17Cl2N3O3S2. The second kappa shape index (κ2) is 8.86. The van der Waals surface area contributed by atoms with Crippen molar-refractivity contribution in [2.45, 2.75) is 16.6 Å². The summed E-state index contributed by atoms with van der Waals surface area (Å²) in [5.41, 5.74) is 1.67. The predicted octanol–water partition coefficient (Wildman–Crippen LogP) is 4.94. The number of hydrogen-bond acceptors (Lipinski definition) is 6. The number of pyridine rings is 1. The lowest BCUT2D eigenvalue weighted by Gasteiger charge is -2.14. The molecule has 2 aromatic heterocycles. The topological polar surface area (TPSA) is 81.9 Å². The molecule has 10 heteroatoms. The van der Waals surface area contributed by atoms with E-state index in [1.54, 1.807) is 42.6 Å². The normalized spacial score (nSPS) is 11.8. The van der Waals surface area contributed by atoms with Crippen LogP contribution in [0.25, 0.3) is 22.2 Å². The van der Waals surface area contributed by atoms with Crippen molar-refractivity contribution in [1.82, 2.24) is 14.5 Å². The maximum absolute atomic E-state index is 13.6. The van der Waals surface area contributed by atoms with Crippen LogP contribution in [-0.4, -0.2) is 35.5 Å². The Kier molecular flexibility index (Phi) is 6.31. The third-order valence-electron chi connectivity index (χ3n) is 4.91. The Hall–Kier alpha value is -2.39. The second-order valence-corrected chi connectivity index (χ2v) is 10.7. The van der Waals surface area contributed by atoms with E-state index in [2.05, 4.69) is 9.97 Å². The molecule has 0 aliphatic carbocycles. The smallest absolute Gasteiger partial charge is 0.260 e. The summed E-state index contributed by atoms with van der Waals surface area (Å²) in [6.45, 7) is 0.181. The fraction of sp³-hybridized carbons (Fsp3) is 0.136. The fourth-order valence-corrected chi connectivity index (χ4v) is 4.91. The van der Waals surface area contributed by atoms with Crippen molar-refractivity contribution in [3.63, 3.8) is 0 Å². The van der Waals surface area contributed by atoms with Gasteiger partial charge in [0.2, 0.25) is 0 Å². The zero-order valence-corrected chi connectivity index (χ0v) is 20.2. The van der Waals surface area contributed by atoms with Gasteiger partial charge in [0.25, 0.3) is 5.56 Å². The van der Waals surface area contributed by atoms with Crippen LogP contribution in [0.15, 0.2) is 69.6 Å². The van der Waals surface area contributed by atoms with E-state index in [4.69, 9.17) is 23.2 Å². The van der Waals surface area contributed by atoms with Gasteiger partial charge in [0, 0.05) is 23.4 Å². The number of benzene rings is 2. The van der Waals surface area contributed by atoms with Gasteiger partial charge in [-0.1, -0.05) is 53.2 Å². The maximum Gasteiger partial charge on any atom is 0.260 e. The SMILES string of the molecule is CSc1ncc2cc(-c3c(Cl)cccc3Cl)c(=O)n(Cc3ccc(S(C)(=O)=O)cc3)c2n1. The lowest BCUT2D eigenvalue weighted by atomic mass is 10.1. The van der Waals surface area contributed by atoms with E-state index in [9.17, 15) is 13.2 Å². The summed E-state index contributed by atoms with van der Waals surface area (Å²) < 4.78 is 25.1. The van der Waals surface area contributed by atoms with E-state index in [0.717, 1.165) is 11.8 Å². The zero-order chi connectivity index (χ0) is 23.0. The molecule has 0 N–H and O–H groups in total. The molecular weight excluding hydrogens is 489 g/mol. The third-order valence-corrected chi connectivity index (χ3v) is 7.23. The summed E-state index contributed by atoms with van der Waals surface area (Å²) >= 11 is 14.1. The molecule has 4 rings (SSSR count). The number of hydrogen-bond donors (Lipinski definition) is 0. The Morgan fingerprint density at radius 3 is 2.31 bits per heavy atom. The van der Waals surface area contributed by atoms with E-state index in [-0.39, 0.29) is 17.0 Å². The molecule has 0 amide bonds. The average molecular weight is 506 g/mol. The number of fused-ring (bicyclic) bond motifs is 1. The first-order valence-electron chi connectivity index (χ1n) is 9.37. The van der Waals surface area contributed by atoms with Crippen LogP contribution in [0.5, 0.6) is 0 Å². The quantitative estimate of drug-likeness (QED) is 0.282. The Morgan fingerprint density at radius 1 is 1.06 bits per heavy atom. The van der Waals surface area contributed by atoms with Gasteiger partial charge < -0.3 is 0 Å². The standard InChI is InChI=1S/C22H17Cl2N3O3S2/c1-31-22-25-11-14-10-16(19-17(23)4-3-5-18(19)24)21(28)27(20(14)26-22)12-13-6-8-15(9-7-13)32(2,29)30/h3-11H,12H2,1-2H3. The molecule has 0 unspecified atom stereocenters. The number of rotatable bonds is 5. The highest BCUT2D eigenvalue weighted by atomic mass is 35.5. The highest BCUT2D eigenvalue weighted by Gasteiger charge is 2.18. The summed E-state index contributed by atoms with van der Waals surface area (Å²) in [5, 5.41) is 1.90. The van der Waals surface area contributed by atoms with Crippen molar-refractivity contribution >= 4 is 55.8 Å². The number of nitrogens with zero attached hydrogens (tertiary/aromatic N) is 3. The van der Waals surface area contributed by atoms with Crippen molar-refractivity contribution in [3.8, 4) is 11.1 Å². The van der Waals surface area contributed by atoms with Gasteiger partial charge in [0.05, 0.1) is 27.0 Å². The fourth-order valence-electron chi connectivity index (χ4n) is 3.35. The van der Waals surface area contributed by atoms with Gasteiger partial charge in [0.15, 0.2) is 15.0 Å². The van der Waals surface area contributed by atoms with Gasteiger partial charge in [-0.15, -0.1) is 0 Å². The summed E-state index contributed by atoms with van der Waals surface area (Å²) in [6, 6.07) is 13.2. The number of halogens is 2. The minimum atomic E-state index is -3.32. The molecule has 0 saturated carbocycles. The molecule has 0 radical (unpaired) electrons. The minimum absolute atomic E-state index is 0.181. The maximum atomic E-state index is 13.6. The monoisotopic (exact) mass is 505 g/mol. The van der Waals surface area contributed by atoms with Gasteiger partial charge in [-0.2, -0.15) is 0 Å². The summed E-state index contributed by atoms with van der Waals surface area (Å²) in [6.07, 6.45) is 4.66. The highest BCUT2D eigenvalue weighted by Crippen LogP contribution is 2.34. The highest BCUT2D eigenvalue weighted by molar-refractivity contribution is 7.98. The van der Waals surface area contributed by atoms with Gasteiger partial charge >= 0.3 is 0 Å².